The minimum atomic E-state index is -3.54. The van der Waals surface area contributed by atoms with Crippen LogP contribution in [-0.2, 0) is 21.4 Å². The minimum Gasteiger partial charge on any atom is -0.352 e. The van der Waals surface area contributed by atoms with Crippen LogP contribution in [-0.4, -0.2) is 20.9 Å². The van der Waals surface area contributed by atoms with Crippen LogP contribution in [0.4, 0.5) is 0 Å². The molecule has 0 saturated heterocycles. The number of carbonyl (C=O) groups is 1. The first kappa shape index (κ1) is 23.5. The largest absolute Gasteiger partial charge is 0.352 e. The van der Waals surface area contributed by atoms with Crippen LogP contribution in [0.25, 0.3) is 0 Å². The Hall–Kier alpha value is -2.18. The molecule has 0 heterocycles. The highest BCUT2D eigenvalue weighted by Gasteiger charge is 2.28. The van der Waals surface area contributed by atoms with Crippen molar-refractivity contribution in [3.63, 3.8) is 0 Å². The van der Waals surface area contributed by atoms with Gasteiger partial charge < -0.3 is 5.32 Å². The van der Waals surface area contributed by atoms with E-state index in [0.717, 1.165) is 47.9 Å². The van der Waals surface area contributed by atoms with Crippen LogP contribution in [0.5, 0.6) is 0 Å². The fraction of sp³-hybridized carbons (Fsp3) is 0.480. The predicted molar refractivity (Wildman–Crippen MR) is 124 cm³/mol. The van der Waals surface area contributed by atoms with Gasteiger partial charge in [-0.3, -0.25) is 4.79 Å². The molecule has 1 amide bonds. The van der Waals surface area contributed by atoms with Gasteiger partial charge in [-0.05, 0) is 76.0 Å². The number of rotatable bonds is 7. The Balaban J connectivity index is 1.47. The lowest BCUT2D eigenvalue weighted by atomic mass is 9.81. The number of carbonyl (C=O) groups excluding carboxylic acids is 1. The Labute approximate surface area is 186 Å². The lowest BCUT2D eigenvalue weighted by Gasteiger charge is -2.28. The van der Waals surface area contributed by atoms with Crippen LogP contribution >= 0.6 is 0 Å². The molecule has 0 atom stereocenters. The molecule has 0 aromatic heterocycles. The van der Waals surface area contributed by atoms with Gasteiger partial charge in [-0.25, -0.2) is 13.1 Å². The molecule has 1 aliphatic carbocycles. The maximum atomic E-state index is 12.9. The summed E-state index contributed by atoms with van der Waals surface area (Å²) < 4.78 is 28.5. The van der Waals surface area contributed by atoms with Crippen molar-refractivity contribution in [2.24, 2.45) is 11.8 Å². The van der Waals surface area contributed by atoms with E-state index in [0.29, 0.717) is 18.0 Å². The average Bonchev–Trinajstić information content (AvgIpc) is 2.71. The third-order valence-corrected chi connectivity index (χ3v) is 7.97. The molecule has 5 nitrogen and oxygen atoms in total. The summed E-state index contributed by atoms with van der Waals surface area (Å²) in [5, 5.41) is 3.05. The van der Waals surface area contributed by atoms with Crippen molar-refractivity contribution in [1.29, 1.82) is 0 Å². The van der Waals surface area contributed by atoms with Crippen LogP contribution in [0.1, 0.15) is 53.5 Å². The number of sulfonamides is 1. The maximum Gasteiger partial charge on any atom is 0.241 e. The number of hydrogen-bond acceptors (Lipinski definition) is 3. The van der Waals surface area contributed by atoms with Crippen molar-refractivity contribution in [3.05, 3.63) is 64.2 Å². The zero-order valence-corrected chi connectivity index (χ0v) is 19.8. The number of amides is 1. The normalized spacial score (nSPS) is 19.2. The highest BCUT2D eigenvalue weighted by molar-refractivity contribution is 7.89. The van der Waals surface area contributed by atoms with Gasteiger partial charge in [0.15, 0.2) is 0 Å². The van der Waals surface area contributed by atoms with Gasteiger partial charge in [-0.2, -0.15) is 0 Å². The second kappa shape index (κ2) is 9.96. The Bertz CT molecular complexity index is 998. The molecule has 0 radical (unpaired) electrons. The smallest absolute Gasteiger partial charge is 0.241 e. The first-order valence-electron chi connectivity index (χ1n) is 11.1. The highest BCUT2D eigenvalue weighted by Crippen LogP contribution is 2.29. The number of benzene rings is 2. The van der Waals surface area contributed by atoms with E-state index < -0.39 is 10.0 Å². The predicted octanol–water partition coefficient (Wildman–Crippen LogP) is 4.32. The minimum absolute atomic E-state index is 0.0138. The topological polar surface area (TPSA) is 75.3 Å². The second-order valence-corrected chi connectivity index (χ2v) is 10.7. The third-order valence-electron chi connectivity index (χ3n) is 6.24. The molecule has 31 heavy (non-hydrogen) atoms. The molecule has 6 heteroatoms. The fourth-order valence-corrected chi connectivity index (χ4v) is 6.12. The monoisotopic (exact) mass is 442 g/mol. The van der Waals surface area contributed by atoms with E-state index in [-0.39, 0.29) is 17.7 Å². The molecule has 1 aliphatic rings. The standard InChI is InChI=1S/C25H34N2O3S/c1-17-5-7-21(8-6-17)15-26-25(28)23-11-9-22(10-12-23)16-27-31(29,30)24-19(3)13-18(2)14-20(24)4/h5-8,13-14,22-23,27H,9-12,15-16H2,1-4H3,(H,26,28). The molecular weight excluding hydrogens is 408 g/mol. The molecule has 1 fully saturated rings. The molecule has 1 saturated carbocycles. The van der Waals surface area contributed by atoms with E-state index in [1.165, 1.54) is 5.56 Å². The summed E-state index contributed by atoms with van der Waals surface area (Å²) in [4.78, 5) is 12.9. The summed E-state index contributed by atoms with van der Waals surface area (Å²) in [5.41, 5.74) is 4.92. The molecule has 0 aliphatic heterocycles. The third kappa shape index (κ3) is 6.17. The summed E-state index contributed by atoms with van der Waals surface area (Å²) in [6.07, 6.45) is 3.32. The molecule has 2 aromatic rings. The summed E-state index contributed by atoms with van der Waals surface area (Å²) in [6.45, 7) is 8.67. The molecule has 168 valence electrons. The fourth-order valence-electron chi connectivity index (χ4n) is 4.56. The van der Waals surface area contributed by atoms with Crippen molar-refractivity contribution in [3.8, 4) is 0 Å². The van der Waals surface area contributed by atoms with Crippen molar-refractivity contribution in [1.82, 2.24) is 10.0 Å². The second-order valence-electron chi connectivity index (χ2n) is 9.00. The quantitative estimate of drug-likeness (QED) is 0.670. The van der Waals surface area contributed by atoms with E-state index in [1.807, 2.05) is 64.1 Å². The van der Waals surface area contributed by atoms with E-state index in [1.54, 1.807) is 0 Å². The summed E-state index contributed by atoms with van der Waals surface area (Å²) >= 11 is 0. The molecule has 2 N–H and O–H groups in total. The van der Waals surface area contributed by atoms with Gasteiger partial charge in [0, 0.05) is 19.0 Å². The zero-order valence-electron chi connectivity index (χ0n) is 19.0. The van der Waals surface area contributed by atoms with Gasteiger partial charge in [-0.1, -0.05) is 47.5 Å². The number of aryl methyl sites for hydroxylation is 4. The zero-order chi connectivity index (χ0) is 22.6. The Morgan fingerprint density at radius 2 is 1.48 bits per heavy atom. The summed E-state index contributed by atoms with van der Waals surface area (Å²) in [7, 11) is -3.54. The van der Waals surface area contributed by atoms with Crippen LogP contribution < -0.4 is 10.0 Å². The average molecular weight is 443 g/mol. The molecule has 0 spiro atoms. The van der Waals surface area contributed by atoms with Gasteiger partial charge in [-0.15, -0.1) is 0 Å². The lowest BCUT2D eigenvalue weighted by Crippen LogP contribution is -2.36. The Kier molecular flexibility index (Phi) is 7.55. The van der Waals surface area contributed by atoms with Crippen LogP contribution in [0, 0.1) is 39.5 Å². The summed E-state index contributed by atoms with van der Waals surface area (Å²) in [5.74, 6) is 0.382. The van der Waals surface area contributed by atoms with E-state index in [4.69, 9.17) is 0 Å². The summed E-state index contributed by atoms with van der Waals surface area (Å²) in [6, 6.07) is 12.0. The van der Waals surface area contributed by atoms with Crippen molar-refractivity contribution in [2.75, 3.05) is 6.54 Å². The van der Waals surface area contributed by atoms with Crippen LogP contribution in [0.3, 0.4) is 0 Å². The SMILES string of the molecule is Cc1ccc(CNC(=O)C2CCC(CNS(=O)(=O)c3c(C)cc(C)cc3C)CC2)cc1. The molecule has 3 rings (SSSR count). The Morgan fingerprint density at radius 3 is 2.06 bits per heavy atom. The number of nitrogens with one attached hydrogen (secondary N) is 2. The first-order valence-corrected chi connectivity index (χ1v) is 12.5. The lowest BCUT2D eigenvalue weighted by molar-refractivity contribution is -0.126. The van der Waals surface area contributed by atoms with Crippen molar-refractivity contribution < 1.29 is 13.2 Å². The van der Waals surface area contributed by atoms with Gasteiger partial charge in [0.1, 0.15) is 0 Å². The van der Waals surface area contributed by atoms with Crippen LogP contribution in [0.2, 0.25) is 0 Å². The Morgan fingerprint density at radius 1 is 0.903 bits per heavy atom. The van der Waals surface area contributed by atoms with E-state index >= 15 is 0 Å². The maximum absolute atomic E-state index is 12.9. The van der Waals surface area contributed by atoms with Gasteiger partial charge in [0.25, 0.3) is 0 Å². The number of hydrogen-bond donors (Lipinski definition) is 2. The van der Waals surface area contributed by atoms with Crippen molar-refractivity contribution >= 4 is 15.9 Å². The molecule has 0 bridgehead atoms. The van der Waals surface area contributed by atoms with Crippen molar-refractivity contribution in [2.45, 2.75) is 64.8 Å². The van der Waals surface area contributed by atoms with Crippen LogP contribution in [0.15, 0.2) is 41.3 Å². The molecule has 0 unspecified atom stereocenters. The van der Waals surface area contributed by atoms with Gasteiger partial charge >= 0.3 is 0 Å². The molecule has 2 aromatic carbocycles. The first-order chi connectivity index (χ1) is 14.7. The highest BCUT2D eigenvalue weighted by atomic mass is 32.2. The van der Waals surface area contributed by atoms with E-state index in [9.17, 15) is 13.2 Å². The molecular formula is C25H34N2O3S. The van der Waals surface area contributed by atoms with E-state index in [2.05, 4.69) is 10.0 Å². The van der Waals surface area contributed by atoms with Gasteiger partial charge in [0.2, 0.25) is 15.9 Å². The van der Waals surface area contributed by atoms with Gasteiger partial charge in [0.05, 0.1) is 4.90 Å².